The highest BCUT2D eigenvalue weighted by Gasteiger charge is 2.60. The van der Waals surface area contributed by atoms with Crippen molar-refractivity contribution in [3.63, 3.8) is 0 Å². The zero-order valence-corrected chi connectivity index (χ0v) is 20.5. The molecular formula is C25H28N6O2S. The molecule has 1 saturated heterocycles. The Hall–Kier alpha value is -2.91. The molecule has 0 radical (unpaired) electrons. The Labute approximate surface area is 202 Å². The van der Waals surface area contributed by atoms with Crippen LogP contribution in [0.4, 0.5) is 0 Å². The molecule has 0 amide bonds. The van der Waals surface area contributed by atoms with Crippen LogP contribution in [0, 0.1) is 19.8 Å². The maximum atomic E-state index is 5.47. The van der Waals surface area contributed by atoms with Gasteiger partial charge in [-0.3, -0.25) is 0 Å². The van der Waals surface area contributed by atoms with Crippen LogP contribution in [0.5, 0.6) is 0 Å². The zero-order chi connectivity index (χ0) is 23.3. The molecule has 9 heteroatoms. The molecule has 2 atom stereocenters. The van der Waals surface area contributed by atoms with Crippen LogP contribution in [-0.2, 0) is 12.5 Å². The maximum Gasteiger partial charge on any atom is 0.202 e. The van der Waals surface area contributed by atoms with Crippen molar-refractivity contribution >= 4 is 11.8 Å². The number of rotatable bonds is 8. The highest BCUT2D eigenvalue weighted by Crippen LogP contribution is 2.59. The lowest BCUT2D eigenvalue weighted by Gasteiger charge is -2.21. The predicted octanol–water partition coefficient (Wildman–Crippen LogP) is 4.50. The number of aryl methyl sites for hydroxylation is 2. The van der Waals surface area contributed by atoms with Crippen molar-refractivity contribution in [1.82, 2.24) is 29.8 Å². The smallest absolute Gasteiger partial charge is 0.202 e. The molecule has 1 aliphatic carbocycles. The number of hydrogen-bond donors (Lipinski definition) is 0. The third kappa shape index (κ3) is 3.76. The second-order valence-electron chi connectivity index (χ2n) is 9.53. The SMILES string of the molecule is Cc1cc(-c2ccc([C@]34C[C@H]3CN(CCCSc3nnc(-c5ocnc5C)n3C)C4)cc2)no1. The summed E-state index contributed by atoms with van der Waals surface area (Å²) in [6, 6.07) is 10.9. The fourth-order valence-corrected chi connectivity index (χ4v) is 6.12. The second kappa shape index (κ2) is 8.39. The summed E-state index contributed by atoms with van der Waals surface area (Å²) in [7, 11) is 1.98. The van der Waals surface area contributed by atoms with E-state index >= 15 is 0 Å². The first kappa shape index (κ1) is 21.6. The van der Waals surface area contributed by atoms with E-state index in [1.165, 1.54) is 24.9 Å². The average molecular weight is 477 g/mol. The number of piperidine rings is 1. The van der Waals surface area contributed by atoms with Crippen LogP contribution in [0.1, 0.15) is 29.9 Å². The van der Waals surface area contributed by atoms with Gasteiger partial charge in [-0.25, -0.2) is 4.98 Å². The first-order chi connectivity index (χ1) is 16.5. The minimum absolute atomic E-state index is 0.346. The number of nitrogens with zero attached hydrogens (tertiary/aromatic N) is 6. The molecule has 176 valence electrons. The van der Waals surface area contributed by atoms with E-state index in [0.29, 0.717) is 11.2 Å². The summed E-state index contributed by atoms with van der Waals surface area (Å²) in [4.78, 5) is 6.78. The maximum absolute atomic E-state index is 5.47. The summed E-state index contributed by atoms with van der Waals surface area (Å²) in [5.74, 6) is 4.05. The van der Waals surface area contributed by atoms with Crippen LogP contribution in [0.25, 0.3) is 22.8 Å². The quantitative estimate of drug-likeness (QED) is 0.271. The van der Waals surface area contributed by atoms with Crippen LogP contribution in [0.15, 0.2) is 50.8 Å². The van der Waals surface area contributed by atoms with Gasteiger partial charge in [0, 0.05) is 42.9 Å². The van der Waals surface area contributed by atoms with Gasteiger partial charge in [0.15, 0.2) is 17.3 Å². The second-order valence-corrected chi connectivity index (χ2v) is 10.6. The molecule has 34 heavy (non-hydrogen) atoms. The van der Waals surface area contributed by atoms with Gasteiger partial charge in [0.25, 0.3) is 0 Å². The van der Waals surface area contributed by atoms with Crippen LogP contribution >= 0.6 is 11.8 Å². The summed E-state index contributed by atoms with van der Waals surface area (Å²) >= 11 is 1.75. The van der Waals surface area contributed by atoms with Crippen molar-refractivity contribution < 1.29 is 8.94 Å². The highest BCUT2D eigenvalue weighted by molar-refractivity contribution is 7.99. The molecule has 0 N–H and O–H groups in total. The molecule has 1 aliphatic heterocycles. The normalized spacial score (nSPS) is 21.8. The fraction of sp³-hybridized carbons (Fsp3) is 0.440. The molecule has 3 aromatic heterocycles. The van der Waals surface area contributed by atoms with Crippen molar-refractivity contribution in [3.8, 4) is 22.8 Å². The summed E-state index contributed by atoms with van der Waals surface area (Å²) in [5.41, 5.74) is 4.67. The Balaban J connectivity index is 1.02. The number of hydrogen-bond acceptors (Lipinski definition) is 8. The van der Waals surface area contributed by atoms with Gasteiger partial charge >= 0.3 is 0 Å². The fourth-order valence-electron chi connectivity index (χ4n) is 5.29. The Morgan fingerprint density at radius 2 is 2.03 bits per heavy atom. The molecule has 2 aliphatic rings. The van der Waals surface area contributed by atoms with Crippen LogP contribution in [-0.4, -0.2) is 55.2 Å². The lowest BCUT2D eigenvalue weighted by molar-refractivity contribution is 0.299. The standard InChI is InChI=1S/C25H28N6O2S/c1-16-11-21(29-33-16)18-5-7-19(8-6-18)25-12-20(25)13-31(14-25)9-4-10-34-24-28-27-23(30(24)3)22-17(2)26-15-32-22/h5-8,11,15,20H,4,9-10,12-14H2,1-3H3/t20-,25+/m0/s1. The van der Waals surface area contributed by atoms with Gasteiger partial charge in [0.05, 0.1) is 5.69 Å². The molecule has 0 unspecified atom stereocenters. The Morgan fingerprint density at radius 3 is 2.76 bits per heavy atom. The molecule has 2 fully saturated rings. The molecule has 0 bridgehead atoms. The third-order valence-corrected chi connectivity index (χ3v) is 8.34. The summed E-state index contributed by atoms with van der Waals surface area (Å²) < 4.78 is 12.7. The molecule has 6 rings (SSSR count). The van der Waals surface area contributed by atoms with E-state index in [1.807, 2.05) is 31.5 Å². The number of thioether (sulfide) groups is 1. The van der Waals surface area contributed by atoms with Crippen molar-refractivity contribution in [2.24, 2.45) is 13.0 Å². The largest absolute Gasteiger partial charge is 0.440 e. The van der Waals surface area contributed by atoms with Crippen molar-refractivity contribution in [3.05, 3.63) is 53.7 Å². The van der Waals surface area contributed by atoms with Crippen molar-refractivity contribution in [2.45, 2.75) is 37.3 Å². The van der Waals surface area contributed by atoms with Crippen molar-refractivity contribution in [2.75, 3.05) is 25.4 Å². The van der Waals surface area contributed by atoms with Gasteiger partial charge in [-0.15, -0.1) is 10.2 Å². The lowest BCUT2D eigenvalue weighted by Crippen LogP contribution is -2.27. The third-order valence-electron chi connectivity index (χ3n) is 7.23. The average Bonchev–Trinajstić information content (AvgIpc) is 3.31. The monoisotopic (exact) mass is 476 g/mol. The van der Waals surface area contributed by atoms with E-state index in [-0.39, 0.29) is 0 Å². The molecule has 1 saturated carbocycles. The Bertz CT molecular complexity index is 1310. The first-order valence-corrected chi connectivity index (χ1v) is 12.7. The van der Waals surface area contributed by atoms with Gasteiger partial charge < -0.3 is 18.4 Å². The van der Waals surface area contributed by atoms with E-state index in [1.54, 1.807) is 11.8 Å². The van der Waals surface area contributed by atoms with Crippen molar-refractivity contribution in [1.29, 1.82) is 0 Å². The minimum atomic E-state index is 0.346. The van der Waals surface area contributed by atoms with Gasteiger partial charge in [0.2, 0.25) is 5.82 Å². The van der Waals surface area contributed by atoms with E-state index < -0.39 is 0 Å². The Kier molecular flexibility index (Phi) is 5.33. The predicted molar refractivity (Wildman–Crippen MR) is 129 cm³/mol. The number of benzene rings is 1. The minimum Gasteiger partial charge on any atom is -0.440 e. The number of aromatic nitrogens is 5. The molecule has 4 heterocycles. The summed E-state index contributed by atoms with van der Waals surface area (Å²) in [5, 5.41) is 13.7. The van der Waals surface area contributed by atoms with Gasteiger partial charge in [-0.2, -0.15) is 0 Å². The molecule has 0 spiro atoms. The van der Waals surface area contributed by atoms with Gasteiger partial charge in [0.1, 0.15) is 11.5 Å². The summed E-state index contributed by atoms with van der Waals surface area (Å²) in [6.45, 7) is 7.32. The van der Waals surface area contributed by atoms with Crippen LogP contribution in [0.3, 0.4) is 0 Å². The van der Waals surface area contributed by atoms with Gasteiger partial charge in [-0.1, -0.05) is 41.2 Å². The van der Waals surface area contributed by atoms with Crippen LogP contribution < -0.4 is 0 Å². The lowest BCUT2D eigenvalue weighted by atomic mass is 9.93. The van der Waals surface area contributed by atoms with E-state index in [0.717, 1.165) is 64.9 Å². The highest BCUT2D eigenvalue weighted by atomic mass is 32.2. The molecular weight excluding hydrogens is 448 g/mol. The molecule has 4 aromatic rings. The van der Waals surface area contributed by atoms with E-state index in [4.69, 9.17) is 8.94 Å². The first-order valence-electron chi connectivity index (χ1n) is 11.7. The molecule has 8 nitrogen and oxygen atoms in total. The van der Waals surface area contributed by atoms with E-state index in [9.17, 15) is 0 Å². The number of oxazole rings is 1. The number of likely N-dealkylation sites (tertiary alicyclic amines) is 1. The topological polar surface area (TPSA) is 86.0 Å². The van der Waals surface area contributed by atoms with Crippen LogP contribution in [0.2, 0.25) is 0 Å². The number of fused-ring (bicyclic) bond motifs is 1. The van der Waals surface area contributed by atoms with E-state index in [2.05, 4.69) is 49.5 Å². The summed E-state index contributed by atoms with van der Waals surface area (Å²) in [6.07, 6.45) is 3.89. The van der Waals surface area contributed by atoms with Gasteiger partial charge in [-0.05, 0) is 44.7 Å². The zero-order valence-electron chi connectivity index (χ0n) is 19.7. The Morgan fingerprint density at radius 1 is 1.18 bits per heavy atom. The molecule has 1 aromatic carbocycles.